The van der Waals surface area contributed by atoms with Crippen molar-refractivity contribution in [3.05, 3.63) is 4.72 Å². The number of alkyl halides is 4. The van der Waals surface area contributed by atoms with Crippen LogP contribution in [-0.2, 0) is 10.0 Å². The molecule has 1 rings (SSSR count). The van der Waals surface area contributed by atoms with E-state index >= 15 is 0 Å². The van der Waals surface area contributed by atoms with E-state index in [9.17, 15) is 26.0 Å². The van der Waals surface area contributed by atoms with Gasteiger partial charge in [-0.3, -0.25) is 0 Å². The van der Waals surface area contributed by atoms with Crippen LogP contribution in [0.15, 0.2) is 0 Å². The summed E-state index contributed by atoms with van der Waals surface area (Å²) >= 11 is 0. The first kappa shape index (κ1) is 12.7. The lowest BCUT2D eigenvalue weighted by Gasteiger charge is -2.36. The third-order valence-electron chi connectivity index (χ3n) is 2.16. The molecule has 0 aliphatic heterocycles. The molecule has 0 heterocycles. The summed E-state index contributed by atoms with van der Waals surface area (Å²) in [5.74, 6) is 0. The van der Waals surface area contributed by atoms with Gasteiger partial charge in [0.25, 0.3) is 0 Å². The molecule has 0 spiro atoms. The van der Waals surface area contributed by atoms with Crippen LogP contribution in [0.3, 0.4) is 0 Å². The van der Waals surface area contributed by atoms with Gasteiger partial charge >= 0.3 is 5.51 Å². The van der Waals surface area contributed by atoms with Crippen LogP contribution in [0, 0.1) is 0 Å². The lowest BCUT2D eigenvalue weighted by molar-refractivity contribution is -0.0429. The Morgan fingerprint density at radius 1 is 1.20 bits per heavy atom. The second kappa shape index (κ2) is 4.25. The maximum Gasteiger partial charge on any atom is 0.480 e. The van der Waals surface area contributed by atoms with Crippen molar-refractivity contribution in [3.8, 4) is 0 Å². The Morgan fingerprint density at radius 3 is 2.27 bits per heavy atom. The molecule has 0 bridgehead atoms. The van der Waals surface area contributed by atoms with Crippen LogP contribution in [0.25, 0.3) is 4.72 Å². The number of sulfonamides is 1. The minimum Gasteiger partial charge on any atom is -0.538 e. The molecule has 0 aromatic heterocycles. The molecule has 1 fully saturated rings. The van der Waals surface area contributed by atoms with E-state index in [4.69, 9.17) is 0 Å². The van der Waals surface area contributed by atoms with Crippen molar-refractivity contribution in [1.82, 2.24) is 0 Å². The lowest BCUT2D eigenvalue weighted by Crippen LogP contribution is -2.29. The summed E-state index contributed by atoms with van der Waals surface area (Å²) in [6.45, 7) is 0. The highest BCUT2D eigenvalue weighted by atomic mass is 32.2. The molecule has 0 amide bonds. The summed E-state index contributed by atoms with van der Waals surface area (Å²) in [5, 5.41) is 0. The van der Waals surface area contributed by atoms with Gasteiger partial charge in [-0.25, -0.2) is 12.8 Å². The topological polar surface area (TPSA) is 48.2 Å². The molecule has 90 valence electrons. The zero-order valence-corrected chi connectivity index (χ0v) is 8.48. The molecule has 0 aromatic rings. The Labute approximate surface area is 84.9 Å². The van der Waals surface area contributed by atoms with Gasteiger partial charge < -0.3 is 4.72 Å². The standard InChI is InChI=1S/C7H10F4NO2S/c8-5-2-1-3-6(4-5)12-15(13,14)7(9,10)11/h5-6H,1-4H2/q-1. The molecule has 0 radical (unpaired) electrons. The SMILES string of the molecule is O=S(=O)([N-]C1CCCC(F)C1)C(F)(F)F. The second-order valence-corrected chi connectivity index (χ2v) is 5.07. The van der Waals surface area contributed by atoms with Crippen molar-refractivity contribution in [2.45, 2.75) is 43.4 Å². The van der Waals surface area contributed by atoms with Gasteiger partial charge in [0.1, 0.15) is 0 Å². The van der Waals surface area contributed by atoms with Gasteiger partial charge in [0.05, 0.1) is 6.17 Å². The average molecular weight is 248 g/mol. The Morgan fingerprint density at radius 2 is 1.80 bits per heavy atom. The Balaban J connectivity index is 2.62. The van der Waals surface area contributed by atoms with Crippen LogP contribution in [0.1, 0.15) is 25.7 Å². The monoisotopic (exact) mass is 248 g/mol. The van der Waals surface area contributed by atoms with Crippen molar-refractivity contribution >= 4 is 10.0 Å². The highest BCUT2D eigenvalue weighted by Gasteiger charge is 2.39. The largest absolute Gasteiger partial charge is 0.538 e. The van der Waals surface area contributed by atoms with Gasteiger partial charge in [0.2, 0.25) is 0 Å². The minimum atomic E-state index is -5.46. The zero-order chi connectivity index (χ0) is 11.7. The van der Waals surface area contributed by atoms with Crippen molar-refractivity contribution in [1.29, 1.82) is 0 Å². The number of hydrogen-bond acceptors (Lipinski definition) is 2. The van der Waals surface area contributed by atoms with Crippen LogP contribution < -0.4 is 0 Å². The van der Waals surface area contributed by atoms with Crippen molar-refractivity contribution in [2.75, 3.05) is 0 Å². The molecule has 0 N–H and O–H groups in total. The Kier molecular flexibility index (Phi) is 3.59. The predicted molar refractivity (Wildman–Crippen MR) is 45.5 cm³/mol. The van der Waals surface area contributed by atoms with Crippen LogP contribution >= 0.6 is 0 Å². The number of hydrogen-bond donors (Lipinski definition) is 0. The van der Waals surface area contributed by atoms with E-state index in [0.29, 0.717) is 6.42 Å². The summed E-state index contributed by atoms with van der Waals surface area (Å²) in [7, 11) is -5.46. The predicted octanol–water partition coefficient (Wildman–Crippen LogP) is 2.49. The van der Waals surface area contributed by atoms with Crippen LogP contribution in [0.4, 0.5) is 17.6 Å². The van der Waals surface area contributed by atoms with E-state index in [1.807, 2.05) is 0 Å². The van der Waals surface area contributed by atoms with Gasteiger partial charge in [-0.2, -0.15) is 13.2 Å². The van der Waals surface area contributed by atoms with E-state index in [0.717, 1.165) is 0 Å². The number of rotatable bonds is 2. The number of halogens is 4. The van der Waals surface area contributed by atoms with Gasteiger partial charge in [-0.15, -0.1) is 6.04 Å². The smallest absolute Gasteiger partial charge is 0.480 e. The summed E-state index contributed by atoms with van der Waals surface area (Å²) in [4.78, 5) is 0. The van der Waals surface area contributed by atoms with Crippen molar-refractivity contribution in [2.24, 2.45) is 0 Å². The van der Waals surface area contributed by atoms with E-state index in [1.54, 1.807) is 0 Å². The minimum absolute atomic E-state index is 0.190. The fourth-order valence-corrected chi connectivity index (χ4v) is 2.16. The van der Waals surface area contributed by atoms with Gasteiger partial charge in [0.15, 0.2) is 10.0 Å². The first-order chi connectivity index (χ1) is 6.72. The molecule has 1 saturated carbocycles. The van der Waals surface area contributed by atoms with E-state index in [1.165, 1.54) is 0 Å². The molecular weight excluding hydrogens is 238 g/mol. The van der Waals surface area contributed by atoms with Crippen molar-refractivity contribution in [3.63, 3.8) is 0 Å². The summed E-state index contributed by atoms with van der Waals surface area (Å²) in [6, 6.07) is -1.07. The zero-order valence-electron chi connectivity index (χ0n) is 7.67. The quantitative estimate of drug-likeness (QED) is 0.705. The first-order valence-corrected chi connectivity index (χ1v) is 5.84. The summed E-state index contributed by atoms with van der Waals surface area (Å²) < 4.78 is 72.4. The molecule has 1 aliphatic carbocycles. The van der Waals surface area contributed by atoms with Gasteiger partial charge in [0, 0.05) is 0 Å². The normalized spacial score (nSPS) is 29.1. The summed E-state index contributed by atoms with van der Waals surface area (Å²) in [6.07, 6.45) is -0.679. The molecule has 0 saturated heterocycles. The molecule has 2 unspecified atom stereocenters. The fourth-order valence-electron chi connectivity index (χ4n) is 1.46. The third kappa shape index (κ3) is 3.30. The van der Waals surface area contributed by atoms with Crippen molar-refractivity contribution < 1.29 is 26.0 Å². The molecule has 8 heteroatoms. The van der Waals surface area contributed by atoms with Crippen LogP contribution in [0.2, 0.25) is 0 Å². The second-order valence-electron chi connectivity index (χ2n) is 3.44. The lowest BCUT2D eigenvalue weighted by atomic mass is 9.95. The fraction of sp³-hybridized carbons (Fsp3) is 1.00. The highest BCUT2D eigenvalue weighted by Crippen LogP contribution is 2.34. The van der Waals surface area contributed by atoms with Gasteiger partial charge in [-0.1, -0.05) is 12.8 Å². The average Bonchev–Trinajstić information content (AvgIpc) is 2.00. The Hall–Kier alpha value is -0.370. The molecule has 2 atom stereocenters. The molecule has 15 heavy (non-hydrogen) atoms. The Bertz CT molecular complexity index is 313. The van der Waals surface area contributed by atoms with E-state index in [2.05, 4.69) is 4.72 Å². The molecular formula is C7H10F4NO2S-. The number of nitrogens with zero attached hydrogens (tertiary/aromatic N) is 1. The van der Waals surface area contributed by atoms with Crippen LogP contribution in [-0.4, -0.2) is 26.1 Å². The highest BCUT2D eigenvalue weighted by molar-refractivity contribution is 7.94. The molecule has 1 aliphatic rings. The molecule has 3 nitrogen and oxygen atoms in total. The van der Waals surface area contributed by atoms with Crippen LogP contribution in [0.5, 0.6) is 0 Å². The maximum absolute atomic E-state index is 12.8. The maximum atomic E-state index is 12.8. The van der Waals surface area contributed by atoms with Gasteiger partial charge in [-0.05, 0) is 12.8 Å². The first-order valence-electron chi connectivity index (χ1n) is 4.40. The van der Waals surface area contributed by atoms with E-state index in [-0.39, 0.29) is 19.3 Å². The third-order valence-corrected chi connectivity index (χ3v) is 3.32. The van der Waals surface area contributed by atoms with E-state index < -0.39 is 27.7 Å². The molecule has 0 aromatic carbocycles. The summed E-state index contributed by atoms with van der Waals surface area (Å²) in [5.41, 5.74) is -5.38.